The van der Waals surface area contributed by atoms with E-state index in [1.807, 2.05) is 6.92 Å². The van der Waals surface area contributed by atoms with E-state index in [4.69, 9.17) is 0 Å². The van der Waals surface area contributed by atoms with Gasteiger partial charge in [-0.05, 0) is 13.0 Å². The summed E-state index contributed by atoms with van der Waals surface area (Å²) in [6, 6.07) is 1.80. The third kappa shape index (κ3) is 9.17. The number of hydrogen-bond donors (Lipinski definition) is 0. The van der Waals surface area contributed by atoms with E-state index in [0.29, 0.717) is 0 Å². The first-order valence-electron chi connectivity index (χ1n) is 5.54. The Morgan fingerprint density at radius 2 is 1.43 bits per heavy atom. The third-order valence-corrected chi connectivity index (χ3v) is 1.90. The van der Waals surface area contributed by atoms with Crippen LogP contribution in [0.25, 0.3) is 0 Å². The second-order valence-corrected chi connectivity index (χ2v) is 3.36. The van der Waals surface area contributed by atoms with E-state index in [1.54, 1.807) is 18.5 Å². The van der Waals surface area contributed by atoms with E-state index in [-0.39, 0.29) is 0 Å². The number of rotatable bonds is 4. The van der Waals surface area contributed by atoms with Crippen molar-refractivity contribution in [3.63, 3.8) is 0 Å². The number of aromatic nitrogens is 2. The lowest BCUT2D eigenvalue weighted by Gasteiger charge is -1.90. The van der Waals surface area contributed by atoms with Crippen LogP contribution in [0, 0.1) is 6.92 Å². The molecular formula is C12H22N2. The second kappa shape index (κ2) is 10.2. The molecule has 0 aliphatic heterocycles. The molecule has 0 aliphatic rings. The minimum atomic E-state index is 0.822. The molecule has 2 heteroatoms. The minimum absolute atomic E-state index is 0.822. The third-order valence-electron chi connectivity index (χ3n) is 1.90. The lowest BCUT2D eigenvalue weighted by molar-refractivity contribution is 0.656. The largest absolute Gasteiger partial charge is 0.242 e. The number of aryl methyl sites for hydroxylation is 1. The Kier molecular flexibility index (Phi) is 9.49. The highest BCUT2D eigenvalue weighted by Crippen LogP contribution is 2.00. The first-order chi connectivity index (χ1) is 6.81. The highest BCUT2D eigenvalue weighted by atomic mass is 14.8. The minimum Gasteiger partial charge on any atom is -0.242 e. The molecule has 0 N–H and O–H groups in total. The van der Waals surface area contributed by atoms with Crippen LogP contribution in [0.1, 0.15) is 51.8 Å². The first kappa shape index (κ1) is 13.1. The summed E-state index contributed by atoms with van der Waals surface area (Å²) in [7, 11) is 0. The standard InChI is InChI=1S/C7H16.C5H6N2/c1-3-5-7-6-4-2;1-5-6-3-2-4-7-5/h3-7H2,1-2H3;2-4H,1H3. The molecule has 0 unspecified atom stereocenters. The molecule has 0 amide bonds. The predicted octanol–water partition coefficient (Wildman–Crippen LogP) is 3.76. The van der Waals surface area contributed by atoms with Crippen LogP contribution in [0.15, 0.2) is 18.5 Å². The van der Waals surface area contributed by atoms with Gasteiger partial charge in [-0.25, -0.2) is 9.97 Å². The average Bonchev–Trinajstić information content (AvgIpc) is 2.21. The van der Waals surface area contributed by atoms with Crippen LogP contribution in [0.5, 0.6) is 0 Å². The molecule has 0 aliphatic carbocycles. The van der Waals surface area contributed by atoms with Gasteiger partial charge in [-0.3, -0.25) is 0 Å². The molecule has 14 heavy (non-hydrogen) atoms. The maximum Gasteiger partial charge on any atom is 0.125 e. The van der Waals surface area contributed by atoms with Gasteiger partial charge in [-0.15, -0.1) is 0 Å². The summed E-state index contributed by atoms with van der Waals surface area (Å²) >= 11 is 0. The molecule has 1 aromatic rings. The van der Waals surface area contributed by atoms with Gasteiger partial charge in [0.25, 0.3) is 0 Å². The second-order valence-electron chi connectivity index (χ2n) is 3.36. The molecule has 0 saturated heterocycles. The first-order valence-corrected chi connectivity index (χ1v) is 5.54. The molecule has 0 saturated carbocycles. The summed E-state index contributed by atoms with van der Waals surface area (Å²) < 4.78 is 0. The van der Waals surface area contributed by atoms with Crippen molar-refractivity contribution in [1.29, 1.82) is 0 Å². The van der Waals surface area contributed by atoms with E-state index in [1.165, 1.54) is 32.1 Å². The lowest BCUT2D eigenvalue weighted by Crippen LogP contribution is -1.80. The molecule has 0 radical (unpaired) electrons. The SMILES string of the molecule is CCCCCCC.Cc1ncccn1. The topological polar surface area (TPSA) is 25.8 Å². The van der Waals surface area contributed by atoms with Gasteiger partial charge in [0.05, 0.1) is 0 Å². The van der Waals surface area contributed by atoms with Crippen molar-refractivity contribution >= 4 is 0 Å². The summed E-state index contributed by atoms with van der Waals surface area (Å²) in [6.07, 6.45) is 10.5. The molecule has 1 rings (SSSR count). The Morgan fingerprint density at radius 3 is 1.71 bits per heavy atom. The summed E-state index contributed by atoms with van der Waals surface area (Å²) in [5.41, 5.74) is 0. The maximum absolute atomic E-state index is 3.87. The van der Waals surface area contributed by atoms with Crippen molar-refractivity contribution in [3.8, 4) is 0 Å². The molecule has 2 nitrogen and oxygen atoms in total. The van der Waals surface area contributed by atoms with Gasteiger partial charge in [0, 0.05) is 12.4 Å². The van der Waals surface area contributed by atoms with Crippen LogP contribution in [-0.4, -0.2) is 9.97 Å². The van der Waals surface area contributed by atoms with Crippen molar-refractivity contribution in [3.05, 3.63) is 24.3 Å². The monoisotopic (exact) mass is 194 g/mol. The van der Waals surface area contributed by atoms with Crippen molar-refractivity contribution in [2.24, 2.45) is 0 Å². The highest BCUT2D eigenvalue weighted by Gasteiger charge is 1.80. The zero-order valence-corrected chi connectivity index (χ0v) is 9.66. The van der Waals surface area contributed by atoms with E-state index in [2.05, 4.69) is 23.8 Å². The number of hydrogen-bond acceptors (Lipinski definition) is 2. The van der Waals surface area contributed by atoms with Gasteiger partial charge in [-0.2, -0.15) is 0 Å². The zero-order valence-electron chi connectivity index (χ0n) is 9.66. The van der Waals surface area contributed by atoms with Crippen LogP contribution in [0.4, 0.5) is 0 Å². The van der Waals surface area contributed by atoms with Gasteiger partial charge in [-0.1, -0.05) is 46.0 Å². The molecule has 80 valence electrons. The van der Waals surface area contributed by atoms with Gasteiger partial charge in [0.2, 0.25) is 0 Å². The van der Waals surface area contributed by atoms with Crippen molar-refractivity contribution in [2.45, 2.75) is 52.9 Å². The van der Waals surface area contributed by atoms with E-state index in [0.717, 1.165) is 5.82 Å². The Morgan fingerprint density at radius 1 is 0.929 bits per heavy atom. The number of nitrogens with zero attached hydrogens (tertiary/aromatic N) is 2. The molecular weight excluding hydrogens is 172 g/mol. The van der Waals surface area contributed by atoms with E-state index < -0.39 is 0 Å². The van der Waals surface area contributed by atoms with Gasteiger partial charge >= 0.3 is 0 Å². The fraction of sp³-hybridized carbons (Fsp3) is 0.667. The molecule has 1 aromatic heterocycles. The lowest BCUT2D eigenvalue weighted by atomic mass is 10.2. The quantitative estimate of drug-likeness (QED) is 0.682. The molecule has 0 atom stereocenters. The van der Waals surface area contributed by atoms with Crippen LogP contribution >= 0.6 is 0 Å². The molecule has 1 heterocycles. The fourth-order valence-electron chi connectivity index (χ4n) is 1.05. The van der Waals surface area contributed by atoms with Crippen molar-refractivity contribution in [1.82, 2.24) is 9.97 Å². The van der Waals surface area contributed by atoms with Crippen molar-refractivity contribution < 1.29 is 0 Å². The van der Waals surface area contributed by atoms with Gasteiger partial charge in [0.1, 0.15) is 5.82 Å². The fourth-order valence-corrected chi connectivity index (χ4v) is 1.05. The van der Waals surface area contributed by atoms with Crippen molar-refractivity contribution in [2.75, 3.05) is 0 Å². The molecule has 0 spiro atoms. The zero-order chi connectivity index (χ0) is 10.6. The Bertz CT molecular complexity index is 193. The summed E-state index contributed by atoms with van der Waals surface area (Å²) in [4.78, 5) is 7.74. The van der Waals surface area contributed by atoms with Crippen LogP contribution in [-0.2, 0) is 0 Å². The summed E-state index contributed by atoms with van der Waals surface area (Å²) in [5.74, 6) is 0.822. The molecule has 0 aromatic carbocycles. The Hall–Kier alpha value is -0.920. The predicted molar refractivity (Wildman–Crippen MR) is 61.2 cm³/mol. The van der Waals surface area contributed by atoms with Gasteiger partial charge < -0.3 is 0 Å². The Labute approximate surface area is 87.8 Å². The molecule has 0 fully saturated rings. The highest BCUT2D eigenvalue weighted by molar-refractivity contribution is 4.83. The van der Waals surface area contributed by atoms with Gasteiger partial charge in [0.15, 0.2) is 0 Å². The van der Waals surface area contributed by atoms with E-state index >= 15 is 0 Å². The Balaban J connectivity index is 0.000000241. The van der Waals surface area contributed by atoms with Crippen LogP contribution in [0.3, 0.4) is 0 Å². The summed E-state index contributed by atoms with van der Waals surface area (Å²) in [5, 5.41) is 0. The normalized spacial score (nSPS) is 9.07. The molecule has 0 bridgehead atoms. The maximum atomic E-state index is 3.87. The smallest absolute Gasteiger partial charge is 0.125 e. The average molecular weight is 194 g/mol. The van der Waals surface area contributed by atoms with Crippen LogP contribution < -0.4 is 0 Å². The van der Waals surface area contributed by atoms with Crippen LogP contribution in [0.2, 0.25) is 0 Å². The summed E-state index contributed by atoms with van der Waals surface area (Å²) in [6.45, 7) is 6.35. The number of unbranched alkanes of at least 4 members (excludes halogenated alkanes) is 4. The van der Waals surface area contributed by atoms with E-state index in [9.17, 15) is 0 Å².